The first-order chi connectivity index (χ1) is 5.31. The average Bonchev–Trinajstić information content (AvgIpc) is 1.99. The highest BCUT2D eigenvalue weighted by Gasteiger charge is 2.13. The van der Waals surface area contributed by atoms with E-state index in [0.29, 0.717) is 6.16 Å². The molecular weight excluding hydrogens is 159 g/mol. The van der Waals surface area contributed by atoms with Crippen LogP contribution in [0.2, 0.25) is 0 Å². The third-order valence-corrected chi connectivity index (χ3v) is 2.45. The minimum atomic E-state index is -1.47. The van der Waals surface area contributed by atoms with Gasteiger partial charge in [-0.25, -0.2) is 0 Å². The van der Waals surface area contributed by atoms with Gasteiger partial charge < -0.3 is 0 Å². The molecule has 64 valence electrons. The van der Waals surface area contributed by atoms with Crippen molar-refractivity contribution in [1.29, 1.82) is 0 Å². The van der Waals surface area contributed by atoms with E-state index in [9.17, 15) is 4.57 Å². The van der Waals surface area contributed by atoms with Crippen LogP contribution in [0.1, 0.15) is 32.6 Å². The monoisotopic (exact) mass is 175 g/mol. The van der Waals surface area contributed by atoms with Crippen molar-refractivity contribution in [2.24, 2.45) is 0 Å². The smallest absolute Gasteiger partial charge is 0.263 e. The molecule has 0 spiro atoms. The Hall–Kier alpha value is -0.360. The molecule has 0 aromatic rings. The van der Waals surface area contributed by atoms with Gasteiger partial charge in [0.15, 0.2) is 6.16 Å². The first-order valence-corrected chi connectivity index (χ1v) is 5.40. The Morgan fingerprint density at radius 2 is 2.18 bits per heavy atom. The van der Waals surface area contributed by atoms with Crippen molar-refractivity contribution in [2.75, 3.05) is 6.16 Å². The zero-order chi connectivity index (χ0) is 8.53. The summed E-state index contributed by atoms with van der Waals surface area (Å²) < 4.78 is 15.6. The van der Waals surface area contributed by atoms with Crippen LogP contribution in [0.25, 0.3) is 0 Å². The van der Waals surface area contributed by atoms with E-state index in [1.807, 2.05) is 0 Å². The summed E-state index contributed by atoms with van der Waals surface area (Å²) in [7, 11) is -1.47. The average molecular weight is 175 g/mol. The van der Waals surface area contributed by atoms with Crippen LogP contribution < -0.4 is 0 Å². The van der Waals surface area contributed by atoms with Gasteiger partial charge in [0.1, 0.15) is 6.26 Å². The SMILES string of the molecule is C=CO[P+](=O)CCCCCC. The minimum Gasteiger partial charge on any atom is -0.263 e. The van der Waals surface area contributed by atoms with Gasteiger partial charge in [-0.1, -0.05) is 26.3 Å². The fraction of sp³-hybridized carbons (Fsp3) is 0.750. The predicted octanol–water partition coefficient (Wildman–Crippen LogP) is 3.47. The van der Waals surface area contributed by atoms with Crippen LogP contribution in [-0.2, 0) is 9.09 Å². The Labute approximate surface area is 69.5 Å². The van der Waals surface area contributed by atoms with Gasteiger partial charge in [0.2, 0.25) is 0 Å². The quantitative estimate of drug-likeness (QED) is 0.336. The molecule has 0 heterocycles. The van der Waals surface area contributed by atoms with Crippen molar-refractivity contribution in [3.63, 3.8) is 0 Å². The number of unbranched alkanes of at least 4 members (excludes halogenated alkanes) is 3. The Morgan fingerprint density at radius 1 is 1.45 bits per heavy atom. The molecule has 0 fully saturated rings. The molecule has 0 rings (SSSR count). The van der Waals surface area contributed by atoms with Crippen molar-refractivity contribution in [2.45, 2.75) is 32.6 Å². The van der Waals surface area contributed by atoms with Crippen LogP contribution >= 0.6 is 8.03 Å². The molecule has 0 saturated heterocycles. The van der Waals surface area contributed by atoms with Crippen molar-refractivity contribution in [3.05, 3.63) is 12.8 Å². The number of rotatable bonds is 7. The van der Waals surface area contributed by atoms with Crippen LogP contribution in [-0.4, -0.2) is 6.16 Å². The molecule has 0 N–H and O–H groups in total. The zero-order valence-electron chi connectivity index (χ0n) is 7.08. The molecule has 0 radical (unpaired) electrons. The maximum Gasteiger partial charge on any atom is 0.555 e. The highest BCUT2D eigenvalue weighted by Crippen LogP contribution is 2.23. The van der Waals surface area contributed by atoms with E-state index in [1.54, 1.807) is 0 Å². The molecule has 0 aliphatic carbocycles. The first kappa shape index (κ1) is 10.6. The standard InChI is InChI=1S/C8H16O2P/c1-3-5-6-7-8-11(9)10-4-2/h4H,2-3,5-8H2,1H3/q+1. The summed E-state index contributed by atoms with van der Waals surface area (Å²) >= 11 is 0. The fourth-order valence-corrected chi connectivity index (χ4v) is 1.56. The Morgan fingerprint density at radius 3 is 2.73 bits per heavy atom. The molecule has 1 atom stereocenters. The highest BCUT2D eigenvalue weighted by molar-refractivity contribution is 7.39. The summed E-state index contributed by atoms with van der Waals surface area (Å²) in [6, 6.07) is 0. The van der Waals surface area contributed by atoms with Crippen LogP contribution in [0.5, 0.6) is 0 Å². The van der Waals surface area contributed by atoms with Crippen molar-refractivity contribution < 1.29 is 9.09 Å². The zero-order valence-corrected chi connectivity index (χ0v) is 7.98. The molecule has 0 bridgehead atoms. The highest BCUT2D eigenvalue weighted by atomic mass is 31.1. The summed E-state index contributed by atoms with van der Waals surface area (Å²) in [5.74, 6) is 0. The molecular formula is C8H16O2P+. The molecule has 0 aromatic heterocycles. The van der Waals surface area contributed by atoms with Gasteiger partial charge in [0.05, 0.1) is 0 Å². The lowest BCUT2D eigenvalue weighted by atomic mass is 10.2. The first-order valence-electron chi connectivity index (χ1n) is 4.03. The molecule has 0 saturated carbocycles. The van der Waals surface area contributed by atoms with E-state index >= 15 is 0 Å². The van der Waals surface area contributed by atoms with Crippen molar-refractivity contribution in [1.82, 2.24) is 0 Å². The summed E-state index contributed by atoms with van der Waals surface area (Å²) in [6.07, 6.45) is 6.49. The van der Waals surface area contributed by atoms with Crippen LogP contribution in [0.15, 0.2) is 12.8 Å². The lowest BCUT2D eigenvalue weighted by Crippen LogP contribution is -1.80. The van der Waals surface area contributed by atoms with Gasteiger partial charge in [-0.3, -0.25) is 4.52 Å². The van der Waals surface area contributed by atoms with E-state index in [4.69, 9.17) is 4.52 Å². The topological polar surface area (TPSA) is 26.3 Å². The summed E-state index contributed by atoms with van der Waals surface area (Å²) in [4.78, 5) is 0. The van der Waals surface area contributed by atoms with E-state index in [1.165, 1.54) is 19.1 Å². The number of hydrogen-bond acceptors (Lipinski definition) is 2. The van der Waals surface area contributed by atoms with E-state index in [-0.39, 0.29) is 0 Å². The van der Waals surface area contributed by atoms with E-state index in [0.717, 1.165) is 12.8 Å². The molecule has 0 aliphatic heterocycles. The molecule has 0 aliphatic rings. The van der Waals surface area contributed by atoms with Gasteiger partial charge >= 0.3 is 8.03 Å². The summed E-state index contributed by atoms with van der Waals surface area (Å²) in [6.45, 7) is 5.49. The van der Waals surface area contributed by atoms with Gasteiger partial charge in [0, 0.05) is 0 Å². The van der Waals surface area contributed by atoms with Gasteiger partial charge in [-0.2, -0.15) is 0 Å². The molecule has 0 aromatic carbocycles. The lowest BCUT2D eigenvalue weighted by molar-refractivity contribution is 0.461. The summed E-state index contributed by atoms with van der Waals surface area (Å²) in [5.41, 5.74) is 0. The number of hydrogen-bond donors (Lipinski definition) is 0. The second-order valence-corrected chi connectivity index (χ2v) is 3.71. The fourth-order valence-electron chi connectivity index (χ4n) is 0.804. The molecule has 2 nitrogen and oxygen atoms in total. The Balaban J connectivity index is 3.10. The van der Waals surface area contributed by atoms with Crippen molar-refractivity contribution >= 4 is 8.03 Å². The van der Waals surface area contributed by atoms with Crippen molar-refractivity contribution in [3.8, 4) is 0 Å². The maximum atomic E-state index is 10.9. The minimum absolute atomic E-state index is 0.668. The molecule has 1 unspecified atom stereocenters. The second kappa shape index (κ2) is 7.74. The van der Waals surface area contributed by atoms with E-state index in [2.05, 4.69) is 13.5 Å². The molecule has 11 heavy (non-hydrogen) atoms. The van der Waals surface area contributed by atoms with Gasteiger partial charge in [-0.15, -0.1) is 0 Å². The molecule has 0 amide bonds. The van der Waals surface area contributed by atoms with Crippen LogP contribution in [0.3, 0.4) is 0 Å². The Kier molecular flexibility index (Phi) is 7.49. The van der Waals surface area contributed by atoms with Crippen LogP contribution in [0, 0.1) is 0 Å². The maximum absolute atomic E-state index is 10.9. The molecule has 3 heteroatoms. The van der Waals surface area contributed by atoms with E-state index < -0.39 is 8.03 Å². The predicted molar refractivity (Wildman–Crippen MR) is 47.9 cm³/mol. The second-order valence-electron chi connectivity index (χ2n) is 2.39. The summed E-state index contributed by atoms with van der Waals surface area (Å²) in [5, 5.41) is 0. The normalized spacial score (nSPS) is 10.8. The largest absolute Gasteiger partial charge is 0.555 e. The van der Waals surface area contributed by atoms with Gasteiger partial charge in [0.25, 0.3) is 0 Å². The van der Waals surface area contributed by atoms with Crippen LogP contribution in [0.4, 0.5) is 0 Å². The third-order valence-electron chi connectivity index (χ3n) is 1.39. The lowest BCUT2D eigenvalue weighted by Gasteiger charge is -1.89. The Bertz CT molecular complexity index is 123. The third kappa shape index (κ3) is 7.54. The van der Waals surface area contributed by atoms with Gasteiger partial charge in [-0.05, 0) is 17.4 Å².